The number of methoxy groups -OCH3 is 1. The molecule has 0 saturated carbocycles. The van der Waals surface area contributed by atoms with Gasteiger partial charge in [-0.05, 0) is 55.3 Å². The zero-order chi connectivity index (χ0) is 23.7. The molecule has 6 heteroatoms. The van der Waals surface area contributed by atoms with Gasteiger partial charge in [0, 0.05) is 18.7 Å². The van der Waals surface area contributed by atoms with Crippen molar-refractivity contribution in [1.82, 2.24) is 4.90 Å². The summed E-state index contributed by atoms with van der Waals surface area (Å²) < 4.78 is 23.2. The van der Waals surface area contributed by atoms with Crippen molar-refractivity contribution in [3.05, 3.63) is 88.2 Å². The fraction of sp³-hybridized carbons (Fsp3) is 0.250. The van der Waals surface area contributed by atoms with Crippen molar-refractivity contribution in [2.45, 2.75) is 26.9 Å². The summed E-state index contributed by atoms with van der Waals surface area (Å²) in [6, 6.07) is 17.6. The van der Waals surface area contributed by atoms with Crippen LogP contribution in [0.2, 0.25) is 0 Å². The topological polar surface area (TPSA) is 57.2 Å². The highest BCUT2D eigenvalue weighted by atomic mass is 16.5. The van der Waals surface area contributed by atoms with E-state index in [0.29, 0.717) is 43.5 Å². The molecule has 6 nitrogen and oxygen atoms in total. The normalized spacial score (nSPS) is 16.0. The largest absolute Gasteiger partial charge is 0.497 e. The van der Waals surface area contributed by atoms with E-state index < -0.39 is 0 Å². The highest BCUT2D eigenvalue weighted by molar-refractivity contribution is 6.16. The van der Waals surface area contributed by atoms with Crippen LogP contribution in [0.4, 0.5) is 0 Å². The number of benzene rings is 3. The SMILES string of the molecule is CCOc1ccccc1/C=C1\Oc2c3c(cc(C)c2C1=O)OCN(Cc1ccc(OC)cc1)C3. The number of ketones is 1. The third-order valence-electron chi connectivity index (χ3n) is 6.06. The third-order valence-corrected chi connectivity index (χ3v) is 6.06. The first-order chi connectivity index (χ1) is 16.6. The molecule has 3 aromatic carbocycles. The zero-order valence-electron chi connectivity index (χ0n) is 19.6. The van der Waals surface area contributed by atoms with Crippen LogP contribution in [0.3, 0.4) is 0 Å². The van der Waals surface area contributed by atoms with Gasteiger partial charge in [-0.15, -0.1) is 0 Å². The number of carbonyl (C=O) groups excluding carboxylic acids is 1. The Morgan fingerprint density at radius 1 is 1.12 bits per heavy atom. The molecule has 0 atom stereocenters. The van der Waals surface area contributed by atoms with Gasteiger partial charge >= 0.3 is 0 Å². The van der Waals surface area contributed by atoms with Crippen molar-refractivity contribution < 1.29 is 23.7 Å². The molecule has 3 aromatic rings. The maximum absolute atomic E-state index is 13.3. The molecular weight excluding hydrogens is 430 g/mol. The minimum absolute atomic E-state index is 0.117. The van der Waals surface area contributed by atoms with Crippen LogP contribution < -0.4 is 18.9 Å². The summed E-state index contributed by atoms with van der Waals surface area (Å²) in [5, 5.41) is 0. The van der Waals surface area contributed by atoms with E-state index in [2.05, 4.69) is 4.90 Å². The van der Waals surface area contributed by atoms with Crippen LogP contribution in [0.1, 0.15) is 39.5 Å². The molecule has 0 N–H and O–H groups in total. The monoisotopic (exact) mass is 457 g/mol. The number of fused-ring (bicyclic) bond motifs is 3. The molecule has 2 aliphatic rings. The number of aryl methyl sites for hydroxylation is 1. The van der Waals surface area contributed by atoms with E-state index in [0.717, 1.165) is 39.5 Å². The van der Waals surface area contributed by atoms with E-state index in [-0.39, 0.29) is 5.78 Å². The van der Waals surface area contributed by atoms with Gasteiger partial charge in [-0.1, -0.05) is 30.3 Å². The summed E-state index contributed by atoms with van der Waals surface area (Å²) in [4.78, 5) is 15.5. The van der Waals surface area contributed by atoms with E-state index >= 15 is 0 Å². The minimum Gasteiger partial charge on any atom is -0.497 e. The fourth-order valence-corrected chi connectivity index (χ4v) is 4.39. The van der Waals surface area contributed by atoms with Gasteiger partial charge < -0.3 is 18.9 Å². The predicted molar refractivity (Wildman–Crippen MR) is 129 cm³/mol. The lowest BCUT2D eigenvalue weighted by atomic mass is 9.98. The van der Waals surface area contributed by atoms with Crippen LogP contribution in [0.15, 0.2) is 60.4 Å². The number of allylic oxidation sites excluding steroid dienone is 1. The van der Waals surface area contributed by atoms with Crippen LogP contribution in [0.25, 0.3) is 6.08 Å². The number of rotatable bonds is 6. The molecule has 5 rings (SSSR count). The molecule has 0 aliphatic carbocycles. The number of ether oxygens (including phenoxy) is 4. The first kappa shape index (κ1) is 22.0. The van der Waals surface area contributed by atoms with Crippen molar-refractivity contribution in [3.8, 4) is 23.0 Å². The number of Topliss-reactive ketones (excluding diaryl/α,β-unsaturated/α-hetero) is 1. The molecule has 174 valence electrons. The van der Waals surface area contributed by atoms with Gasteiger partial charge in [0.25, 0.3) is 0 Å². The quantitative estimate of drug-likeness (QED) is 0.464. The second kappa shape index (κ2) is 9.23. The van der Waals surface area contributed by atoms with E-state index in [9.17, 15) is 4.79 Å². The summed E-state index contributed by atoms with van der Waals surface area (Å²) in [7, 11) is 1.66. The van der Waals surface area contributed by atoms with Crippen molar-refractivity contribution >= 4 is 11.9 Å². The molecule has 2 heterocycles. The second-order valence-electron chi connectivity index (χ2n) is 8.39. The van der Waals surface area contributed by atoms with Crippen molar-refractivity contribution in [1.29, 1.82) is 0 Å². The number of hydrogen-bond acceptors (Lipinski definition) is 6. The van der Waals surface area contributed by atoms with Gasteiger partial charge in [-0.3, -0.25) is 9.69 Å². The highest BCUT2D eigenvalue weighted by Gasteiger charge is 2.35. The maximum Gasteiger partial charge on any atom is 0.232 e. The fourth-order valence-electron chi connectivity index (χ4n) is 4.39. The van der Waals surface area contributed by atoms with Gasteiger partial charge in [0.2, 0.25) is 5.78 Å². The van der Waals surface area contributed by atoms with Crippen LogP contribution in [0, 0.1) is 6.92 Å². The smallest absolute Gasteiger partial charge is 0.232 e. The summed E-state index contributed by atoms with van der Waals surface area (Å²) in [6.45, 7) is 6.21. The molecule has 34 heavy (non-hydrogen) atoms. The standard InChI is InChI=1S/C28H27NO5/c1-4-32-23-8-6-5-7-20(23)14-25-27(30)26-18(2)13-24-22(28(26)34-25)16-29(17-33-24)15-19-9-11-21(31-3)12-10-19/h5-14H,4,15-17H2,1-3H3/b25-14-. The Kier molecular flexibility index (Phi) is 5.99. The van der Waals surface area contributed by atoms with Gasteiger partial charge in [-0.2, -0.15) is 0 Å². The Labute approximate surface area is 199 Å². The number of carbonyl (C=O) groups is 1. The van der Waals surface area contributed by atoms with Gasteiger partial charge in [0.1, 0.15) is 29.7 Å². The van der Waals surface area contributed by atoms with Crippen molar-refractivity contribution in [2.75, 3.05) is 20.4 Å². The molecule has 0 fully saturated rings. The zero-order valence-corrected chi connectivity index (χ0v) is 19.6. The van der Waals surface area contributed by atoms with Gasteiger partial charge in [0.15, 0.2) is 5.76 Å². The van der Waals surface area contributed by atoms with Crippen LogP contribution in [-0.4, -0.2) is 31.1 Å². The number of hydrogen-bond donors (Lipinski definition) is 0. The van der Waals surface area contributed by atoms with Crippen LogP contribution in [-0.2, 0) is 13.1 Å². The summed E-state index contributed by atoms with van der Waals surface area (Å²) in [6.07, 6.45) is 1.76. The summed E-state index contributed by atoms with van der Waals surface area (Å²) in [5.74, 6) is 3.09. The van der Waals surface area contributed by atoms with Crippen molar-refractivity contribution in [3.63, 3.8) is 0 Å². The predicted octanol–water partition coefficient (Wildman–Crippen LogP) is 5.37. The van der Waals surface area contributed by atoms with Gasteiger partial charge in [0.05, 0.1) is 24.8 Å². The maximum atomic E-state index is 13.3. The van der Waals surface area contributed by atoms with E-state index in [1.807, 2.05) is 68.4 Å². The lowest BCUT2D eigenvalue weighted by Gasteiger charge is -2.30. The van der Waals surface area contributed by atoms with Gasteiger partial charge in [-0.25, -0.2) is 0 Å². The minimum atomic E-state index is -0.117. The highest BCUT2D eigenvalue weighted by Crippen LogP contribution is 2.44. The first-order valence-corrected chi connectivity index (χ1v) is 11.4. The summed E-state index contributed by atoms with van der Waals surface area (Å²) in [5.41, 5.74) is 4.32. The third kappa shape index (κ3) is 4.13. The molecule has 0 bridgehead atoms. The molecule has 0 amide bonds. The molecule has 2 aliphatic heterocycles. The van der Waals surface area contributed by atoms with Crippen LogP contribution >= 0.6 is 0 Å². The first-order valence-electron chi connectivity index (χ1n) is 11.4. The molecule has 0 spiro atoms. The average Bonchev–Trinajstić information content (AvgIpc) is 3.18. The van der Waals surface area contributed by atoms with E-state index in [4.69, 9.17) is 18.9 Å². The molecule has 0 saturated heterocycles. The Hall–Kier alpha value is -3.77. The van der Waals surface area contributed by atoms with E-state index in [1.165, 1.54) is 0 Å². The lowest BCUT2D eigenvalue weighted by molar-refractivity contribution is 0.0872. The lowest BCUT2D eigenvalue weighted by Crippen LogP contribution is -2.31. The summed E-state index contributed by atoms with van der Waals surface area (Å²) >= 11 is 0. The second-order valence-corrected chi connectivity index (χ2v) is 8.39. The molecule has 0 radical (unpaired) electrons. The number of nitrogens with zero attached hydrogens (tertiary/aromatic N) is 1. The van der Waals surface area contributed by atoms with Crippen LogP contribution in [0.5, 0.6) is 23.0 Å². The Morgan fingerprint density at radius 3 is 2.68 bits per heavy atom. The van der Waals surface area contributed by atoms with E-state index in [1.54, 1.807) is 13.2 Å². The Balaban J connectivity index is 1.44. The average molecular weight is 458 g/mol. The molecule has 0 unspecified atom stereocenters. The van der Waals surface area contributed by atoms with Crippen molar-refractivity contribution in [2.24, 2.45) is 0 Å². The Morgan fingerprint density at radius 2 is 1.91 bits per heavy atom. The molecule has 0 aromatic heterocycles. The number of para-hydroxylation sites is 1. The Bertz CT molecular complexity index is 1260. The molecular formula is C28H27NO5.